The predicted molar refractivity (Wildman–Crippen MR) is 89.8 cm³/mol. The first-order chi connectivity index (χ1) is 11.5. The number of nitrogens with two attached hydrogens (primary N) is 1. The lowest BCUT2D eigenvalue weighted by atomic mass is 9.71. The highest BCUT2D eigenvalue weighted by molar-refractivity contribution is 4.98. The minimum atomic E-state index is -0.548. The number of nitrogens with zero attached hydrogens (tertiary/aromatic N) is 1. The van der Waals surface area contributed by atoms with Gasteiger partial charge in [-0.2, -0.15) is 0 Å². The van der Waals surface area contributed by atoms with Gasteiger partial charge in [0.25, 0.3) is 0 Å². The van der Waals surface area contributed by atoms with Gasteiger partial charge in [-0.25, -0.2) is 0 Å². The third kappa shape index (κ3) is 3.35. The number of hydrogen-bond acceptors (Lipinski definition) is 7. The molecule has 1 aliphatic carbocycles. The SMILES string of the molecule is CC1CC(N2CCC(O)(C3CCC4OCOC4C3)CC2)NC(N)N1. The van der Waals surface area contributed by atoms with Crippen molar-refractivity contribution in [3.8, 4) is 0 Å². The van der Waals surface area contributed by atoms with E-state index in [1.54, 1.807) is 0 Å². The van der Waals surface area contributed by atoms with Crippen molar-refractivity contribution in [2.45, 2.75) is 81.8 Å². The van der Waals surface area contributed by atoms with Gasteiger partial charge in [0.15, 0.2) is 0 Å². The van der Waals surface area contributed by atoms with Gasteiger partial charge in [0.05, 0.1) is 24.0 Å². The van der Waals surface area contributed by atoms with Gasteiger partial charge in [-0.15, -0.1) is 0 Å². The minimum Gasteiger partial charge on any atom is -0.390 e. The van der Waals surface area contributed by atoms with E-state index in [1.165, 1.54) is 0 Å². The molecule has 5 N–H and O–H groups in total. The van der Waals surface area contributed by atoms with Gasteiger partial charge in [-0.05, 0) is 51.4 Å². The number of ether oxygens (including phenoxy) is 2. The highest BCUT2D eigenvalue weighted by atomic mass is 16.7. The number of likely N-dealkylation sites (tertiary alicyclic amines) is 1. The van der Waals surface area contributed by atoms with Gasteiger partial charge in [0, 0.05) is 19.1 Å². The average molecular weight is 340 g/mol. The zero-order chi connectivity index (χ0) is 16.7. The van der Waals surface area contributed by atoms with Gasteiger partial charge in [-0.3, -0.25) is 15.5 Å². The topological polar surface area (TPSA) is 92.0 Å². The summed E-state index contributed by atoms with van der Waals surface area (Å²) in [4.78, 5) is 2.45. The molecule has 0 spiro atoms. The summed E-state index contributed by atoms with van der Waals surface area (Å²) in [6.07, 6.45) is 6.34. The van der Waals surface area contributed by atoms with Crippen LogP contribution in [0.3, 0.4) is 0 Å². The normalized spacial score (nSPS) is 46.6. The zero-order valence-corrected chi connectivity index (χ0v) is 14.6. The van der Waals surface area contributed by atoms with Crippen molar-refractivity contribution < 1.29 is 14.6 Å². The summed E-state index contributed by atoms with van der Waals surface area (Å²) in [6.45, 7) is 4.45. The molecule has 24 heavy (non-hydrogen) atoms. The van der Waals surface area contributed by atoms with E-state index in [0.29, 0.717) is 24.9 Å². The molecule has 138 valence electrons. The fourth-order valence-corrected chi connectivity index (χ4v) is 5.09. The van der Waals surface area contributed by atoms with Crippen LogP contribution in [-0.2, 0) is 9.47 Å². The number of piperidine rings is 1. The summed E-state index contributed by atoms with van der Waals surface area (Å²) in [5, 5.41) is 18.0. The largest absolute Gasteiger partial charge is 0.390 e. The van der Waals surface area contributed by atoms with Gasteiger partial charge in [-0.1, -0.05) is 0 Å². The van der Waals surface area contributed by atoms with E-state index < -0.39 is 5.60 Å². The van der Waals surface area contributed by atoms with Gasteiger partial charge < -0.3 is 20.3 Å². The minimum absolute atomic E-state index is 0.144. The molecule has 3 heterocycles. The van der Waals surface area contributed by atoms with Crippen LogP contribution in [0, 0.1) is 5.92 Å². The Morgan fingerprint density at radius 3 is 2.58 bits per heavy atom. The molecule has 4 rings (SSSR count). The van der Waals surface area contributed by atoms with E-state index in [0.717, 1.165) is 51.6 Å². The molecular formula is C17H32N4O3. The standard InChI is InChI=1S/C17H32N4O3/c1-11-8-15(20-16(18)19-11)21-6-4-17(22,5-7-21)12-2-3-13-14(9-12)24-10-23-13/h11-16,19-20,22H,2-10,18H2,1H3. The molecule has 7 heteroatoms. The van der Waals surface area contributed by atoms with E-state index in [9.17, 15) is 5.11 Å². The summed E-state index contributed by atoms with van der Waals surface area (Å²) in [6, 6.07) is 0.418. The average Bonchev–Trinajstić information content (AvgIpc) is 3.02. The number of aliphatic hydroxyl groups is 1. The maximum atomic E-state index is 11.3. The highest BCUT2D eigenvalue weighted by Crippen LogP contribution is 2.42. The Morgan fingerprint density at radius 2 is 1.83 bits per heavy atom. The molecule has 0 aromatic carbocycles. The van der Waals surface area contributed by atoms with Crippen LogP contribution in [0.4, 0.5) is 0 Å². The van der Waals surface area contributed by atoms with Crippen LogP contribution in [0.1, 0.15) is 45.4 Å². The highest BCUT2D eigenvalue weighted by Gasteiger charge is 2.46. The number of hydrogen-bond donors (Lipinski definition) is 4. The third-order valence-corrected chi connectivity index (χ3v) is 6.57. The first-order valence-corrected chi connectivity index (χ1v) is 9.51. The van der Waals surface area contributed by atoms with Gasteiger partial charge in [0.2, 0.25) is 0 Å². The molecule has 4 aliphatic rings. The van der Waals surface area contributed by atoms with Gasteiger partial charge in [0.1, 0.15) is 13.1 Å². The monoisotopic (exact) mass is 340 g/mol. The van der Waals surface area contributed by atoms with Crippen LogP contribution in [0.5, 0.6) is 0 Å². The summed E-state index contributed by atoms with van der Waals surface area (Å²) in [5.41, 5.74) is 5.47. The van der Waals surface area contributed by atoms with E-state index in [2.05, 4.69) is 22.5 Å². The molecule has 0 amide bonds. The summed E-state index contributed by atoms with van der Waals surface area (Å²) < 4.78 is 11.3. The lowest BCUT2D eigenvalue weighted by molar-refractivity contribution is -0.104. The molecule has 7 nitrogen and oxygen atoms in total. The van der Waals surface area contributed by atoms with Crippen LogP contribution in [0.25, 0.3) is 0 Å². The van der Waals surface area contributed by atoms with Gasteiger partial charge >= 0.3 is 0 Å². The Morgan fingerprint density at radius 1 is 1.08 bits per heavy atom. The zero-order valence-electron chi connectivity index (χ0n) is 14.6. The summed E-state index contributed by atoms with van der Waals surface area (Å²) in [7, 11) is 0. The van der Waals surface area contributed by atoms with Crippen molar-refractivity contribution in [3.63, 3.8) is 0 Å². The van der Waals surface area contributed by atoms with Crippen molar-refractivity contribution in [2.75, 3.05) is 19.9 Å². The van der Waals surface area contributed by atoms with Crippen LogP contribution >= 0.6 is 0 Å². The summed E-state index contributed by atoms with van der Waals surface area (Å²) >= 11 is 0. The Kier molecular flexibility index (Phi) is 4.85. The number of fused-ring (bicyclic) bond motifs is 1. The smallest absolute Gasteiger partial charge is 0.147 e. The van der Waals surface area contributed by atoms with E-state index >= 15 is 0 Å². The second-order valence-corrected chi connectivity index (χ2v) is 8.14. The van der Waals surface area contributed by atoms with E-state index in [-0.39, 0.29) is 18.5 Å². The molecule has 6 atom stereocenters. The van der Waals surface area contributed by atoms with Crippen LogP contribution in [-0.4, -0.2) is 66.2 Å². The molecule has 3 saturated heterocycles. The maximum Gasteiger partial charge on any atom is 0.147 e. The lowest BCUT2D eigenvalue weighted by Gasteiger charge is -2.49. The van der Waals surface area contributed by atoms with E-state index in [4.69, 9.17) is 15.2 Å². The Hall–Kier alpha value is -0.280. The first-order valence-electron chi connectivity index (χ1n) is 9.51. The second kappa shape index (κ2) is 6.79. The molecule has 0 radical (unpaired) electrons. The Labute approximate surface area is 144 Å². The van der Waals surface area contributed by atoms with Crippen LogP contribution < -0.4 is 16.4 Å². The fourth-order valence-electron chi connectivity index (χ4n) is 5.09. The first kappa shape index (κ1) is 17.1. The molecule has 3 aliphatic heterocycles. The molecule has 6 unspecified atom stereocenters. The molecule has 1 saturated carbocycles. The molecule has 0 aromatic heterocycles. The lowest BCUT2D eigenvalue weighted by Crippen LogP contribution is -2.67. The maximum absolute atomic E-state index is 11.3. The summed E-state index contributed by atoms with van der Waals surface area (Å²) in [5.74, 6) is 0.338. The second-order valence-electron chi connectivity index (χ2n) is 8.14. The molecule has 0 bridgehead atoms. The quantitative estimate of drug-likeness (QED) is 0.558. The predicted octanol–water partition coefficient (Wildman–Crippen LogP) is -0.105. The van der Waals surface area contributed by atoms with Crippen LogP contribution in [0.2, 0.25) is 0 Å². The molecular weight excluding hydrogens is 308 g/mol. The van der Waals surface area contributed by atoms with Crippen molar-refractivity contribution in [1.29, 1.82) is 0 Å². The van der Waals surface area contributed by atoms with E-state index in [1.807, 2.05) is 0 Å². The van der Waals surface area contributed by atoms with Crippen molar-refractivity contribution >= 4 is 0 Å². The van der Waals surface area contributed by atoms with Crippen molar-refractivity contribution in [3.05, 3.63) is 0 Å². The van der Waals surface area contributed by atoms with Crippen molar-refractivity contribution in [1.82, 2.24) is 15.5 Å². The molecule has 4 fully saturated rings. The van der Waals surface area contributed by atoms with Crippen LogP contribution in [0.15, 0.2) is 0 Å². The van der Waals surface area contributed by atoms with Crippen molar-refractivity contribution in [2.24, 2.45) is 11.7 Å². The Balaban J connectivity index is 1.33. The third-order valence-electron chi connectivity index (χ3n) is 6.57. The fraction of sp³-hybridized carbons (Fsp3) is 1.00. The number of nitrogens with one attached hydrogen (secondary N) is 2. The Bertz CT molecular complexity index is 434. The molecule has 0 aromatic rings. The number of rotatable bonds is 2.